The first-order chi connectivity index (χ1) is 11.1. The van der Waals surface area contributed by atoms with Gasteiger partial charge in [-0.25, -0.2) is 9.18 Å². The molecule has 2 aromatic carbocycles. The summed E-state index contributed by atoms with van der Waals surface area (Å²) in [7, 11) is 0. The lowest BCUT2D eigenvalue weighted by Crippen LogP contribution is -2.32. The Balaban J connectivity index is 1.79. The van der Waals surface area contributed by atoms with Crippen molar-refractivity contribution in [2.24, 2.45) is 0 Å². The summed E-state index contributed by atoms with van der Waals surface area (Å²) in [6.07, 6.45) is 0. The third-order valence-electron chi connectivity index (χ3n) is 3.55. The van der Waals surface area contributed by atoms with Crippen molar-refractivity contribution in [2.45, 2.75) is 13.1 Å². The van der Waals surface area contributed by atoms with Crippen LogP contribution in [0.15, 0.2) is 54.6 Å². The zero-order valence-electron chi connectivity index (χ0n) is 12.1. The highest BCUT2D eigenvalue weighted by Crippen LogP contribution is 2.19. The summed E-state index contributed by atoms with van der Waals surface area (Å²) in [5.41, 5.74) is 1.19. The molecule has 4 amide bonds. The molecule has 6 heteroatoms. The van der Waals surface area contributed by atoms with E-state index < -0.39 is 23.7 Å². The van der Waals surface area contributed by atoms with Crippen molar-refractivity contribution < 1.29 is 18.8 Å². The van der Waals surface area contributed by atoms with E-state index in [1.807, 2.05) is 6.07 Å². The highest BCUT2D eigenvalue weighted by atomic mass is 19.1. The smallest absolute Gasteiger partial charge is 0.263 e. The van der Waals surface area contributed by atoms with Crippen molar-refractivity contribution in [1.29, 1.82) is 0 Å². The molecule has 5 nitrogen and oxygen atoms in total. The number of hydrogen-bond acceptors (Lipinski definition) is 3. The summed E-state index contributed by atoms with van der Waals surface area (Å²) < 4.78 is 13.2. The number of benzene rings is 2. The molecule has 0 bridgehead atoms. The van der Waals surface area contributed by atoms with Gasteiger partial charge < -0.3 is 0 Å². The van der Waals surface area contributed by atoms with Crippen LogP contribution in [0.1, 0.15) is 11.1 Å². The molecule has 0 saturated carbocycles. The molecule has 1 aliphatic rings. The van der Waals surface area contributed by atoms with Gasteiger partial charge in [-0.3, -0.25) is 19.4 Å². The molecular weight excluding hydrogens is 299 g/mol. The van der Waals surface area contributed by atoms with Crippen LogP contribution in [0.2, 0.25) is 0 Å². The van der Waals surface area contributed by atoms with E-state index in [1.165, 1.54) is 18.2 Å². The van der Waals surface area contributed by atoms with E-state index in [2.05, 4.69) is 0 Å². The van der Waals surface area contributed by atoms with Gasteiger partial charge in [0.15, 0.2) is 0 Å². The fraction of sp³-hybridized carbons (Fsp3) is 0.118. The maximum absolute atomic E-state index is 13.2. The average molecular weight is 312 g/mol. The Morgan fingerprint density at radius 1 is 0.739 bits per heavy atom. The van der Waals surface area contributed by atoms with Crippen LogP contribution in [0.4, 0.5) is 9.18 Å². The molecule has 2 aromatic rings. The van der Waals surface area contributed by atoms with Crippen molar-refractivity contribution in [2.75, 3.05) is 0 Å². The summed E-state index contributed by atoms with van der Waals surface area (Å²) in [5, 5.41) is 0. The van der Waals surface area contributed by atoms with Gasteiger partial charge in [0.05, 0.1) is 13.1 Å². The molecule has 1 saturated heterocycles. The molecule has 116 valence electrons. The summed E-state index contributed by atoms with van der Waals surface area (Å²) in [4.78, 5) is 38.1. The topological polar surface area (TPSA) is 57.7 Å². The summed E-state index contributed by atoms with van der Waals surface area (Å²) >= 11 is 0. The number of imide groups is 2. The van der Waals surface area contributed by atoms with Crippen LogP contribution >= 0.6 is 0 Å². The van der Waals surface area contributed by atoms with Crippen molar-refractivity contribution in [3.8, 4) is 0 Å². The van der Waals surface area contributed by atoms with Crippen LogP contribution in [-0.2, 0) is 22.7 Å². The van der Waals surface area contributed by atoms with Gasteiger partial charge in [-0.1, -0.05) is 42.5 Å². The fourth-order valence-corrected chi connectivity index (χ4v) is 2.41. The second-order valence-electron chi connectivity index (χ2n) is 5.18. The van der Waals surface area contributed by atoms with Gasteiger partial charge >= 0.3 is 17.8 Å². The summed E-state index contributed by atoms with van der Waals surface area (Å²) in [5.74, 6) is -2.22. The molecule has 1 fully saturated rings. The molecule has 0 N–H and O–H groups in total. The van der Waals surface area contributed by atoms with Gasteiger partial charge in [-0.2, -0.15) is 0 Å². The minimum atomic E-state index is -0.893. The van der Waals surface area contributed by atoms with Gasteiger partial charge in [0.2, 0.25) is 0 Å². The zero-order valence-corrected chi connectivity index (χ0v) is 12.1. The van der Waals surface area contributed by atoms with E-state index in [0.717, 1.165) is 15.4 Å². The van der Waals surface area contributed by atoms with E-state index >= 15 is 0 Å². The number of nitrogens with zero attached hydrogens (tertiary/aromatic N) is 2. The van der Waals surface area contributed by atoms with Crippen molar-refractivity contribution >= 4 is 17.8 Å². The second kappa shape index (κ2) is 6.00. The molecule has 0 unspecified atom stereocenters. The number of carbonyl (C=O) groups is 3. The van der Waals surface area contributed by atoms with E-state index in [1.54, 1.807) is 30.3 Å². The monoisotopic (exact) mass is 312 g/mol. The second-order valence-corrected chi connectivity index (χ2v) is 5.18. The van der Waals surface area contributed by atoms with Gasteiger partial charge in [0.25, 0.3) is 0 Å². The fourth-order valence-electron chi connectivity index (χ4n) is 2.41. The largest absolute Gasteiger partial charge is 0.334 e. The minimum absolute atomic E-state index is 0.0316. The zero-order chi connectivity index (χ0) is 16.4. The van der Waals surface area contributed by atoms with Crippen LogP contribution in [-0.4, -0.2) is 27.6 Å². The average Bonchev–Trinajstić information content (AvgIpc) is 2.74. The molecule has 0 atom stereocenters. The Hall–Kier alpha value is -3.02. The number of urea groups is 1. The molecule has 1 heterocycles. The van der Waals surface area contributed by atoms with E-state index in [0.29, 0.717) is 5.56 Å². The standard InChI is InChI=1S/C17H13FN2O3/c18-14-8-4-7-13(9-14)11-20-16(22)15(21)19(17(20)23)10-12-5-2-1-3-6-12/h1-9H,10-11H2. The van der Waals surface area contributed by atoms with Crippen molar-refractivity contribution in [3.05, 3.63) is 71.5 Å². The third-order valence-corrected chi connectivity index (χ3v) is 3.55. The minimum Gasteiger partial charge on any atom is -0.263 e. The molecule has 0 aromatic heterocycles. The molecule has 23 heavy (non-hydrogen) atoms. The van der Waals surface area contributed by atoms with Crippen LogP contribution < -0.4 is 0 Å². The van der Waals surface area contributed by atoms with E-state index in [-0.39, 0.29) is 13.1 Å². The van der Waals surface area contributed by atoms with Crippen LogP contribution in [0, 0.1) is 5.82 Å². The lowest BCUT2D eigenvalue weighted by atomic mass is 10.2. The quantitative estimate of drug-likeness (QED) is 0.643. The highest BCUT2D eigenvalue weighted by molar-refractivity contribution is 6.44. The van der Waals surface area contributed by atoms with Gasteiger partial charge in [-0.15, -0.1) is 0 Å². The number of hydrogen-bond donors (Lipinski definition) is 0. The third kappa shape index (κ3) is 2.96. The summed E-state index contributed by atoms with van der Waals surface area (Å²) in [6, 6.07) is 13.8. The maximum atomic E-state index is 13.2. The highest BCUT2D eigenvalue weighted by Gasteiger charge is 2.44. The Labute approximate surface area is 131 Å². The molecular formula is C17H13FN2O3. The van der Waals surface area contributed by atoms with E-state index in [9.17, 15) is 18.8 Å². The van der Waals surface area contributed by atoms with Gasteiger partial charge in [0, 0.05) is 0 Å². The van der Waals surface area contributed by atoms with Crippen LogP contribution in [0.25, 0.3) is 0 Å². The first-order valence-corrected chi connectivity index (χ1v) is 7.02. The normalized spacial score (nSPS) is 14.7. The van der Waals surface area contributed by atoms with Gasteiger partial charge in [0.1, 0.15) is 5.82 Å². The maximum Gasteiger partial charge on any atom is 0.334 e. The lowest BCUT2D eigenvalue weighted by molar-refractivity contribution is -0.143. The first-order valence-electron chi connectivity index (χ1n) is 7.02. The van der Waals surface area contributed by atoms with Crippen LogP contribution in [0.5, 0.6) is 0 Å². The Morgan fingerprint density at radius 3 is 1.91 bits per heavy atom. The summed E-state index contributed by atoms with van der Waals surface area (Å²) in [6.45, 7) is -0.101. The Bertz CT molecular complexity index is 776. The lowest BCUT2D eigenvalue weighted by Gasteiger charge is -2.15. The molecule has 0 radical (unpaired) electrons. The number of carbonyl (C=O) groups excluding carboxylic acids is 3. The number of halogens is 1. The van der Waals surface area contributed by atoms with Crippen molar-refractivity contribution in [1.82, 2.24) is 9.80 Å². The predicted molar refractivity (Wildman–Crippen MR) is 79.3 cm³/mol. The first kappa shape index (κ1) is 14.9. The van der Waals surface area contributed by atoms with Crippen molar-refractivity contribution in [3.63, 3.8) is 0 Å². The SMILES string of the molecule is O=C1C(=O)N(Cc2cccc(F)c2)C(=O)N1Cc1ccccc1. The number of rotatable bonds is 4. The molecule has 0 spiro atoms. The molecule has 0 aliphatic carbocycles. The Kier molecular flexibility index (Phi) is 3.89. The molecule has 1 aliphatic heterocycles. The van der Waals surface area contributed by atoms with Crippen LogP contribution in [0.3, 0.4) is 0 Å². The predicted octanol–water partition coefficient (Wildman–Crippen LogP) is 2.32. The van der Waals surface area contributed by atoms with E-state index in [4.69, 9.17) is 0 Å². The molecule has 3 rings (SSSR count). The number of amides is 4. The Morgan fingerprint density at radius 2 is 1.30 bits per heavy atom. The van der Waals surface area contributed by atoms with Gasteiger partial charge in [-0.05, 0) is 23.3 Å².